The minimum Gasteiger partial charge on any atom is -0.483 e. The van der Waals surface area contributed by atoms with Gasteiger partial charge in [-0.3, -0.25) is 4.79 Å². The van der Waals surface area contributed by atoms with E-state index in [0.29, 0.717) is 17.4 Å². The van der Waals surface area contributed by atoms with Crippen molar-refractivity contribution >= 4 is 5.91 Å². The highest BCUT2D eigenvalue weighted by Crippen LogP contribution is 2.26. The smallest absolute Gasteiger partial charge is 0.258 e. The molecular weight excluding hydrogens is 266 g/mol. The largest absolute Gasteiger partial charge is 0.483 e. The summed E-state index contributed by atoms with van der Waals surface area (Å²) in [6, 6.07) is 5.92. The number of rotatable bonds is 5. The van der Waals surface area contributed by atoms with E-state index in [0.717, 1.165) is 18.4 Å². The van der Waals surface area contributed by atoms with E-state index in [1.165, 1.54) is 19.3 Å². The fraction of sp³-hybridized carbons (Fsp3) is 0.588. The molecule has 1 aliphatic carbocycles. The van der Waals surface area contributed by atoms with Crippen molar-refractivity contribution in [2.24, 2.45) is 0 Å². The van der Waals surface area contributed by atoms with E-state index < -0.39 is 6.10 Å². The predicted molar refractivity (Wildman–Crippen MR) is 82.3 cm³/mol. The SMILES string of the molecule is Cc1ccc(C(C)O)c(OCC(=O)NC2CCCCC2)c1. The molecule has 116 valence electrons. The summed E-state index contributed by atoms with van der Waals surface area (Å²) < 4.78 is 5.61. The summed E-state index contributed by atoms with van der Waals surface area (Å²) in [5.41, 5.74) is 1.76. The number of nitrogens with one attached hydrogen (secondary N) is 1. The highest BCUT2D eigenvalue weighted by Gasteiger charge is 2.16. The van der Waals surface area contributed by atoms with E-state index in [4.69, 9.17) is 4.74 Å². The number of amides is 1. The highest BCUT2D eigenvalue weighted by atomic mass is 16.5. The number of aryl methyl sites for hydroxylation is 1. The van der Waals surface area contributed by atoms with Gasteiger partial charge in [0.15, 0.2) is 6.61 Å². The molecule has 0 spiro atoms. The van der Waals surface area contributed by atoms with E-state index in [9.17, 15) is 9.90 Å². The number of aliphatic hydroxyl groups is 1. The Morgan fingerprint density at radius 3 is 2.76 bits per heavy atom. The van der Waals surface area contributed by atoms with Gasteiger partial charge in [0.2, 0.25) is 0 Å². The van der Waals surface area contributed by atoms with Crippen molar-refractivity contribution in [3.63, 3.8) is 0 Å². The molecular formula is C17H25NO3. The normalized spacial score (nSPS) is 17.3. The molecule has 2 rings (SSSR count). The van der Waals surface area contributed by atoms with Crippen LogP contribution in [0.3, 0.4) is 0 Å². The van der Waals surface area contributed by atoms with E-state index in [-0.39, 0.29) is 12.5 Å². The average Bonchev–Trinajstić information content (AvgIpc) is 2.46. The maximum absolute atomic E-state index is 12.0. The number of benzene rings is 1. The van der Waals surface area contributed by atoms with Gasteiger partial charge in [0.25, 0.3) is 5.91 Å². The second kappa shape index (κ2) is 7.46. The van der Waals surface area contributed by atoms with Crippen molar-refractivity contribution < 1.29 is 14.6 Å². The number of carbonyl (C=O) groups is 1. The van der Waals surface area contributed by atoms with Crippen LogP contribution in [0.2, 0.25) is 0 Å². The minimum atomic E-state index is -0.609. The lowest BCUT2D eigenvalue weighted by atomic mass is 9.95. The lowest BCUT2D eigenvalue weighted by Crippen LogP contribution is -2.39. The van der Waals surface area contributed by atoms with Crippen LogP contribution < -0.4 is 10.1 Å². The molecule has 0 saturated heterocycles. The molecule has 21 heavy (non-hydrogen) atoms. The van der Waals surface area contributed by atoms with Crippen LogP contribution in [-0.4, -0.2) is 23.7 Å². The molecule has 1 unspecified atom stereocenters. The van der Waals surface area contributed by atoms with Gasteiger partial charge in [-0.25, -0.2) is 0 Å². The molecule has 1 saturated carbocycles. The van der Waals surface area contributed by atoms with E-state index in [2.05, 4.69) is 5.32 Å². The number of hydrogen-bond acceptors (Lipinski definition) is 3. The number of ether oxygens (including phenoxy) is 1. The first-order valence-corrected chi connectivity index (χ1v) is 7.77. The van der Waals surface area contributed by atoms with Crippen molar-refractivity contribution in [1.82, 2.24) is 5.32 Å². The zero-order valence-electron chi connectivity index (χ0n) is 12.9. The van der Waals surface area contributed by atoms with Crippen LogP contribution >= 0.6 is 0 Å². The minimum absolute atomic E-state index is 0.000324. The van der Waals surface area contributed by atoms with Crippen molar-refractivity contribution in [1.29, 1.82) is 0 Å². The average molecular weight is 291 g/mol. The molecule has 0 aliphatic heterocycles. The third-order valence-corrected chi connectivity index (χ3v) is 3.95. The summed E-state index contributed by atoms with van der Waals surface area (Å²) in [7, 11) is 0. The first-order valence-electron chi connectivity index (χ1n) is 7.77. The maximum Gasteiger partial charge on any atom is 0.258 e. The van der Waals surface area contributed by atoms with Crippen molar-refractivity contribution in [3.05, 3.63) is 29.3 Å². The van der Waals surface area contributed by atoms with Crippen molar-refractivity contribution in [2.45, 2.75) is 58.1 Å². The molecule has 1 fully saturated rings. The molecule has 4 heteroatoms. The molecule has 0 bridgehead atoms. The topological polar surface area (TPSA) is 58.6 Å². The van der Waals surface area contributed by atoms with Gasteiger partial charge in [0.1, 0.15) is 5.75 Å². The first-order chi connectivity index (χ1) is 10.1. The van der Waals surface area contributed by atoms with Gasteiger partial charge in [-0.1, -0.05) is 31.4 Å². The molecule has 1 amide bonds. The van der Waals surface area contributed by atoms with Crippen LogP contribution in [-0.2, 0) is 4.79 Å². The van der Waals surface area contributed by atoms with Gasteiger partial charge >= 0.3 is 0 Å². The molecule has 1 aliphatic rings. The Morgan fingerprint density at radius 2 is 2.10 bits per heavy atom. The van der Waals surface area contributed by atoms with E-state index in [1.54, 1.807) is 6.92 Å². The van der Waals surface area contributed by atoms with Gasteiger partial charge in [-0.05, 0) is 38.3 Å². The molecule has 0 aromatic heterocycles. The van der Waals surface area contributed by atoms with Crippen LogP contribution in [0.5, 0.6) is 5.75 Å². The van der Waals surface area contributed by atoms with Crippen molar-refractivity contribution in [2.75, 3.05) is 6.61 Å². The van der Waals surface area contributed by atoms with E-state index >= 15 is 0 Å². The van der Waals surface area contributed by atoms with Gasteiger partial charge in [-0.2, -0.15) is 0 Å². The first kappa shape index (κ1) is 15.8. The molecule has 1 atom stereocenters. The number of hydrogen-bond donors (Lipinski definition) is 2. The van der Waals surface area contributed by atoms with Crippen LogP contribution in [0.25, 0.3) is 0 Å². The second-order valence-electron chi connectivity index (χ2n) is 5.91. The molecule has 0 radical (unpaired) electrons. The summed E-state index contributed by atoms with van der Waals surface area (Å²) in [5, 5.41) is 12.8. The predicted octanol–water partition coefficient (Wildman–Crippen LogP) is 2.88. The Bertz CT molecular complexity index is 479. The third-order valence-electron chi connectivity index (χ3n) is 3.95. The highest BCUT2D eigenvalue weighted by molar-refractivity contribution is 5.77. The summed E-state index contributed by atoms with van der Waals surface area (Å²) >= 11 is 0. The third kappa shape index (κ3) is 4.74. The van der Waals surface area contributed by atoms with Crippen LogP contribution in [0.4, 0.5) is 0 Å². The quantitative estimate of drug-likeness (QED) is 0.877. The van der Waals surface area contributed by atoms with Crippen LogP contribution in [0.15, 0.2) is 18.2 Å². The van der Waals surface area contributed by atoms with Crippen molar-refractivity contribution in [3.8, 4) is 5.75 Å². The zero-order chi connectivity index (χ0) is 15.2. The molecule has 0 heterocycles. The standard InChI is InChI=1S/C17H25NO3/c1-12-8-9-15(13(2)19)16(10-12)21-11-17(20)18-14-6-4-3-5-7-14/h8-10,13-14,19H,3-7,11H2,1-2H3,(H,18,20). The Morgan fingerprint density at radius 1 is 1.38 bits per heavy atom. The van der Waals surface area contributed by atoms with Crippen LogP contribution in [0.1, 0.15) is 56.3 Å². The fourth-order valence-corrected chi connectivity index (χ4v) is 2.77. The lowest BCUT2D eigenvalue weighted by Gasteiger charge is -2.23. The Balaban J connectivity index is 1.89. The van der Waals surface area contributed by atoms with Gasteiger partial charge in [0, 0.05) is 11.6 Å². The fourth-order valence-electron chi connectivity index (χ4n) is 2.77. The summed E-state index contributed by atoms with van der Waals surface area (Å²) in [4.78, 5) is 12.0. The summed E-state index contributed by atoms with van der Waals surface area (Å²) in [6.45, 7) is 3.65. The summed E-state index contributed by atoms with van der Waals surface area (Å²) in [5.74, 6) is 0.503. The molecule has 2 N–H and O–H groups in total. The number of aliphatic hydroxyl groups excluding tert-OH is 1. The lowest BCUT2D eigenvalue weighted by molar-refractivity contribution is -0.124. The molecule has 1 aromatic carbocycles. The second-order valence-corrected chi connectivity index (χ2v) is 5.91. The molecule has 4 nitrogen and oxygen atoms in total. The van der Waals surface area contributed by atoms with Gasteiger partial charge in [0.05, 0.1) is 6.10 Å². The zero-order valence-corrected chi connectivity index (χ0v) is 12.9. The Labute approximate surface area is 126 Å². The Hall–Kier alpha value is -1.55. The maximum atomic E-state index is 12.0. The monoisotopic (exact) mass is 291 g/mol. The van der Waals surface area contributed by atoms with Crippen LogP contribution in [0, 0.1) is 6.92 Å². The number of carbonyl (C=O) groups excluding carboxylic acids is 1. The van der Waals surface area contributed by atoms with Gasteiger partial charge in [-0.15, -0.1) is 0 Å². The molecule has 1 aromatic rings. The van der Waals surface area contributed by atoms with Gasteiger partial charge < -0.3 is 15.2 Å². The summed E-state index contributed by atoms with van der Waals surface area (Å²) in [6.07, 6.45) is 5.17. The Kier molecular flexibility index (Phi) is 5.62. The van der Waals surface area contributed by atoms with E-state index in [1.807, 2.05) is 25.1 Å².